The molecule has 8 heteroatoms. The molecule has 0 amide bonds. The SMILES string of the molecule is C#C.C=C(NC(C(=C)N1C[C@H]2CCCN2C[C@H]1C(=C)N)C1CCCCC1)[C@H](C)NC.Cl.FC1(F)CCc2ccccc21. The first kappa shape index (κ1) is 35.7. The van der Waals surface area contributed by atoms with Gasteiger partial charge in [-0.25, -0.2) is 8.78 Å². The van der Waals surface area contributed by atoms with Crippen LogP contribution in [0, 0.1) is 18.8 Å². The number of alkyl halides is 2. The number of fused-ring (bicyclic) bond motifs is 2. The average Bonchev–Trinajstić information content (AvgIpc) is 3.59. The van der Waals surface area contributed by atoms with E-state index in [1.54, 1.807) is 18.2 Å². The summed E-state index contributed by atoms with van der Waals surface area (Å²) >= 11 is 0. The second-order valence-corrected chi connectivity index (χ2v) is 11.9. The molecule has 234 valence electrons. The van der Waals surface area contributed by atoms with Gasteiger partial charge < -0.3 is 21.3 Å². The maximum absolute atomic E-state index is 12.9. The van der Waals surface area contributed by atoms with E-state index in [1.165, 1.54) is 63.3 Å². The number of rotatable bonds is 8. The fraction of sp³-hybridized carbons (Fsp3) is 0.588. The second-order valence-electron chi connectivity index (χ2n) is 11.9. The van der Waals surface area contributed by atoms with Gasteiger partial charge in [0.1, 0.15) is 0 Å². The molecule has 2 heterocycles. The Morgan fingerprint density at radius 3 is 2.33 bits per heavy atom. The Kier molecular flexibility index (Phi) is 13.9. The van der Waals surface area contributed by atoms with Crippen LogP contribution in [-0.2, 0) is 12.3 Å². The van der Waals surface area contributed by atoms with E-state index < -0.39 is 5.92 Å². The smallest absolute Gasteiger partial charge is 0.273 e. The zero-order valence-corrected chi connectivity index (χ0v) is 26.4. The van der Waals surface area contributed by atoms with Gasteiger partial charge in [-0.1, -0.05) is 63.3 Å². The summed E-state index contributed by atoms with van der Waals surface area (Å²) in [4.78, 5) is 5.07. The molecule has 0 spiro atoms. The van der Waals surface area contributed by atoms with Crippen LogP contribution < -0.4 is 16.4 Å². The first-order valence-electron chi connectivity index (χ1n) is 15.2. The number of aryl methyl sites for hydroxylation is 1. The number of terminal acetylenes is 1. The summed E-state index contributed by atoms with van der Waals surface area (Å²) in [5.41, 5.74) is 10.3. The van der Waals surface area contributed by atoms with Gasteiger partial charge in [0.2, 0.25) is 0 Å². The van der Waals surface area contributed by atoms with Crippen LogP contribution in [0.1, 0.15) is 69.4 Å². The quantitative estimate of drug-likeness (QED) is 0.310. The van der Waals surface area contributed by atoms with Crippen LogP contribution in [0.3, 0.4) is 0 Å². The molecule has 4 N–H and O–H groups in total. The number of hydrogen-bond acceptors (Lipinski definition) is 5. The lowest BCUT2D eigenvalue weighted by atomic mass is 9.81. The molecule has 5 nitrogen and oxygen atoms in total. The van der Waals surface area contributed by atoms with Crippen molar-refractivity contribution in [3.63, 3.8) is 0 Å². The van der Waals surface area contributed by atoms with Crippen molar-refractivity contribution in [2.24, 2.45) is 11.7 Å². The van der Waals surface area contributed by atoms with Crippen molar-refractivity contribution in [3.8, 4) is 12.8 Å². The predicted molar refractivity (Wildman–Crippen MR) is 175 cm³/mol. The molecule has 0 aromatic heterocycles. The normalized spacial score (nSPS) is 24.2. The van der Waals surface area contributed by atoms with Crippen LogP contribution in [0.25, 0.3) is 0 Å². The van der Waals surface area contributed by atoms with E-state index in [-0.39, 0.29) is 42.5 Å². The molecule has 5 rings (SSSR count). The number of benzene rings is 1. The van der Waals surface area contributed by atoms with E-state index in [9.17, 15) is 8.78 Å². The molecule has 4 aliphatic rings. The van der Waals surface area contributed by atoms with E-state index in [2.05, 4.69) is 59.9 Å². The molecule has 1 unspecified atom stereocenters. The standard InChI is InChI=1S/C23H41N5.C9H8F2.C2H2.ClH/c1-16(24)22-15-27-13-9-12-21(27)14-28(22)19(4)23(20-10-7-6-8-11-20)26-18(3)17(2)25-5;10-9(11)6-5-7-3-1-2-4-8(7)9;1-2;/h17,20-23,25-26H,1,3-4,6-15,24H2,2,5H3;1-4H,5-6H2;1-2H;1H/t17-,21+,22-,23?;;;/m0.../s1. The fourth-order valence-electron chi connectivity index (χ4n) is 6.79. The zero-order chi connectivity index (χ0) is 30.2. The lowest BCUT2D eigenvalue weighted by Gasteiger charge is -2.48. The number of nitrogens with two attached hydrogens (primary N) is 1. The van der Waals surface area contributed by atoms with Gasteiger partial charge >= 0.3 is 0 Å². The van der Waals surface area contributed by atoms with Crippen molar-refractivity contribution in [2.75, 3.05) is 26.7 Å². The maximum atomic E-state index is 12.9. The number of piperazine rings is 1. The average molecular weight is 604 g/mol. The van der Waals surface area contributed by atoms with Crippen molar-refractivity contribution >= 4 is 12.4 Å². The number of halogens is 3. The van der Waals surface area contributed by atoms with Crippen molar-refractivity contribution in [2.45, 2.75) is 94.8 Å². The molecule has 1 saturated carbocycles. The van der Waals surface area contributed by atoms with Crippen LogP contribution >= 0.6 is 12.4 Å². The van der Waals surface area contributed by atoms with E-state index in [0.29, 0.717) is 18.4 Å². The summed E-state index contributed by atoms with van der Waals surface area (Å²) in [6, 6.07) is 7.99. The molecule has 0 radical (unpaired) electrons. The summed E-state index contributed by atoms with van der Waals surface area (Å²) in [5.74, 6) is -1.97. The highest BCUT2D eigenvalue weighted by Gasteiger charge is 2.40. The molecule has 1 aromatic carbocycles. The maximum Gasteiger partial charge on any atom is 0.273 e. The minimum atomic E-state index is -2.57. The number of nitrogens with one attached hydrogen (secondary N) is 2. The van der Waals surface area contributed by atoms with E-state index in [1.807, 2.05) is 7.05 Å². The molecular formula is C34H52ClF2N5. The molecule has 42 heavy (non-hydrogen) atoms. The van der Waals surface area contributed by atoms with Gasteiger partial charge in [0.15, 0.2) is 0 Å². The molecule has 2 saturated heterocycles. The third-order valence-corrected chi connectivity index (χ3v) is 9.38. The van der Waals surface area contributed by atoms with Crippen LogP contribution in [0.5, 0.6) is 0 Å². The molecule has 2 aliphatic heterocycles. The van der Waals surface area contributed by atoms with Crippen molar-refractivity contribution < 1.29 is 8.78 Å². The monoisotopic (exact) mass is 603 g/mol. The molecule has 1 aromatic rings. The zero-order valence-electron chi connectivity index (χ0n) is 25.6. The first-order chi connectivity index (χ1) is 19.6. The Morgan fingerprint density at radius 1 is 1.05 bits per heavy atom. The predicted octanol–water partition coefficient (Wildman–Crippen LogP) is 6.18. The van der Waals surface area contributed by atoms with Crippen LogP contribution in [0.2, 0.25) is 0 Å². The number of hydrogen-bond donors (Lipinski definition) is 3. The van der Waals surface area contributed by atoms with Gasteiger partial charge in [-0.2, -0.15) is 0 Å². The molecule has 4 atom stereocenters. The highest BCUT2D eigenvalue weighted by Crippen LogP contribution is 2.41. The Hall–Kier alpha value is -2.53. The van der Waals surface area contributed by atoms with Crippen molar-refractivity contribution in [1.29, 1.82) is 0 Å². The van der Waals surface area contributed by atoms with E-state index in [4.69, 9.17) is 5.73 Å². The summed E-state index contributed by atoms with van der Waals surface area (Å²) < 4.78 is 25.9. The van der Waals surface area contributed by atoms with E-state index >= 15 is 0 Å². The first-order valence-corrected chi connectivity index (χ1v) is 15.2. The second kappa shape index (κ2) is 16.4. The summed E-state index contributed by atoms with van der Waals surface area (Å²) in [6.45, 7) is 18.4. The third-order valence-electron chi connectivity index (χ3n) is 9.38. The lowest BCUT2D eigenvalue weighted by molar-refractivity contribution is -0.00184. The minimum absolute atomic E-state index is 0. The van der Waals surface area contributed by atoms with Crippen LogP contribution in [0.15, 0.2) is 61.1 Å². The Morgan fingerprint density at radius 2 is 1.71 bits per heavy atom. The van der Waals surface area contributed by atoms with Crippen LogP contribution in [-0.4, -0.2) is 60.6 Å². The molecular weight excluding hydrogens is 552 g/mol. The van der Waals surface area contributed by atoms with E-state index in [0.717, 1.165) is 30.0 Å². The molecule has 2 aliphatic carbocycles. The van der Waals surface area contributed by atoms with Crippen molar-refractivity contribution in [3.05, 3.63) is 72.2 Å². The van der Waals surface area contributed by atoms with Gasteiger partial charge in [-0.05, 0) is 64.1 Å². The summed E-state index contributed by atoms with van der Waals surface area (Å²) in [7, 11) is 1.98. The van der Waals surface area contributed by atoms with Crippen molar-refractivity contribution in [1.82, 2.24) is 20.4 Å². The molecule has 3 fully saturated rings. The van der Waals surface area contributed by atoms with Gasteiger partial charge in [-0.3, -0.25) is 4.90 Å². The van der Waals surface area contributed by atoms with Gasteiger partial charge in [0.25, 0.3) is 5.92 Å². The Balaban J connectivity index is 0.000000366. The highest BCUT2D eigenvalue weighted by molar-refractivity contribution is 5.85. The van der Waals surface area contributed by atoms with Gasteiger partial charge in [0.05, 0.1) is 12.1 Å². The fourth-order valence-corrected chi connectivity index (χ4v) is 6.79. The minimum Gasteiger partial charge on any atom is -0.401 e. The highest BCUT2D eigenvalue weighted by atomic mass is 35.5. The third kappa shape index (κ3) is 8.52. The summed E-state index contributed by atoms with van der Waals surface area (Å²) in [6.07, 6.45) is 17.6. The van der Waals surface area contributed by atoms with Gasteiger partial charge in [0, 0.05) is 54.2 Å². The largest absolute Gasteiger partial charge is 0.401 e. The number of likely N-dealkylation sites (N-methyl/N-ethyl adjacent to an activating group) is 1. The lowest BCUT2D eigenvalue weighted by Crippen LogP contribution is -2.59. The van der Waals surface area contributed by atoms with Gasteiger partial charge in [-0.15, -0.1) is 25.3 Å². The Labute approximate surface area is 259 Å². The number of nitrogens with zero attached hydrogens (tertiary/aromatic N) is 2. The van der Waals surface area contributed by atoms with Crippen LogP contribution in [0.4, 0.5) is 8.78 Å². The summed E-state index contributed by atoms with van der Waals surface area (Å²) in [5, 5.41) is 7.07. The Bertz CT molecular complexity index is 1070. The molecule has 0 bridgehead atoms. The topological polar surface area (TPSA) is 56.6 Å².